The van der Waals surface area contributed by atoms with Crippen LogP contribution in [0.4, 0.5) is 5.69 Å². The van der Waals surface area contributed by atoms with Crippen LogP contribution in [0.5, 0.6) is 11.5 Å². The minimum absolute atomic E-state index is 0.0288. The maximum Gasteiger partial charge on any atom is 0.259 e. The number of amides is 2. The zero-order chi connectivity index (χ0) is 24.4. The maximum atomic E-state index is 12.9. The van der Waals surface area contributed by atoms with Gasteiger partial charge in [-0.05, 0) is 55.5 Å². The normalized spacial score (nSPS) is 24.2. The number of anilines is 1. The number of benzene rings is 2. The first-order chi connectivity index (χ1) is 17.1. The zero-order valence-electron chi connectivity index (χ0n) is 20.5. The van der Waals surface area contributed by atoms with Gasteiger partial charge in [0.05, 0.1) is 32.0 Å². The van der Waals surface area contributed by atoms with Crippen molar-refractivity contribution in [1.82, 2.24) is 4.90 Å². The fourth-order valence-corrected chi connectivity index (χ4v) is 5.80. The van der Waals surface area contributed by atoms with Gasteiger partial charge >= 0.3 is 0 Å². The van der Waals surface area contributed by atoms with Gasteiger partial charge in [0.15, 0.2) is 0 Å². The molecule has 3 fully saturated rings. The van der Waals surface area contributed by atoms with Crippen LogP contribution in [0, 0.1) is 11.8 Å². The number of hydrogen-bond donors (Lipinski definition) is 1. The van der Waals surface area contributed by atoms with Gasteiger partial charge in [-0.25, -0.2) is 0 Å². The van der Waals surface area contributed by atoms with Gasteiger partial charge in [-0.2, -0.15) is 0 Å². The number of methoxy groups -OCH3 is 2. The Bertz CT molecular complexity index is 1080. The molecule has 0 aromatic heterocycles. The lowest BCUT2D eigenvalue weighted by atomic mass is 9.90. The van der Waals surface area contributed by atoms with E-state index in [1.807, 2.05) is 24.3 Å². The van der Waals surface area contributed by atoms with Gasteiger partial charge < -0.3 is 24.4 Å². The van der Waals surface area contributed by atoms with Gasteiger partial charge in [0.1, 0.15) is 11.5 Å². The summed E-state index contributed by atoms with van der Waals surface area (Å²) in [6, 6.07) is 13.0. The van der Waals surface area contributed by atoms with Crippen LogP contribution < -0.4 is 14.8 Å². The Kier molecular flexibility index (Phi) is 6.95. The Morgan fingerprint density at radius 3 is 2.63 bits per heavy atom. The Labute approximate surface area is 206 Å². The minimum Gasteiger partial charge on any atom is -0.497 e. The summed E-state index contributed by atoms with van der Waals surface area (Å²) < 4.78 is 17.0. The molecular weight excluding hydrogens is 444 g/mol. The highest BCUT2D eigenvalue weighted by Crippen LogP contribution is 2.42. The maximum absolute atomic E-state index is 12.9. The molecule has 35 heavy (non-hydrogen) atoms. The summed E-state index contributed by atoms with van der Waals surface area (Å²) in [5.41, 5.74) is 2.20. The average molecular weight is 479 g/mol. The van der Waals surface area contributed by atoms with Gasteiger partial charge in [-0.3, -0.25) is 9.59 Å². The third-order valence-electron chi connectivity index (χ3n) is 7.71. The van der Waals surface area contributed by atoms with E-state index in [-0.39, 0.29) is 24.0 Å². The zero-order valence-corrected chi connectivity index (χ0v) is 20.5. The van der Waals surface area contributed by atoms with E-state index in [4.69, 9.17) is 14.2 Å². The molecule has 7 heteroatoms. The predicted molar refractivity (Wildman–Crippen MR) is 133 cm³/mol. The largest absolute Gasteiger partial charge is 0.497 e. The molecule has 1 aliphatic carbocycles. The molecular formula is C28H34N2O5. The lowest BCUT2D eigenvalue weighted by Crippen LogP contribution is -2.46. The fourth-order valence-electron chi connectivity index (χ4n) is 5.80. The Hall–Kier alpha value is -3.06. The number of likely N-dealkylation sites (tertiary alicyclic amines) is 1. The van der Waals surface area contributed by atoms with E-state index in [0.29, 0.717) is 34.6 Å². The standard InChI is InChI=1S/C28H34N2O5/c1-33-22-10-11-23(26(16-22)34-2)27(31)29-21-9-5-8-19(14-21)25-15-20-17-30(13-12-24(20)35-25)28(32)18-6-3-4-7-18/h5,8-11,14,16,18,20,24-25H,3-4,6-7,12-13,15,17H2,1-2H3,(H,29,31). The summed E-state index contributed by atoms with van der Waals surface area (Å²) >= 11 is 0. The molecule has 2 heterocycles. The van der Waals surface area contributed by atoms with Crippen LogP contribution in [-0.2, 0) is 9.53 Å². The number of rotatable bonds is 6. The number of nitrogens with zero attached hydrogens (tertiary/aromatic N) is 1. The molecule has 2 aromatic carbocycles. The van der Waals surface area contributed by atoms with Crippen LogP contribution in [0.1, 0.15) is 60.6 Å². The lowest BCUT2D eigenvalue weighted by molar-refractivity contribution is -0.138. The van der Waals surface area contributed by atoms with E-state index in [9.17, 15) is 9.59 Å². The highest BCUT2D eigenvalue weighted by molar-refractivity contribution is 6.06. The molecule has 186 valence electrons. The topological polar surface area (TPSA) is 77.1 Å². The minimum atomic E-state index is -0.247. The average Bonchev–Trinajstić information content (AvgIpc) is 3.58. The van der Waals surface area contributed by atoms with Crippen molar-refractivity contribution in [2.75, 3.05) is 32.6 Å². The second kappa shape index (κ2) is 10.3. The molecule has 0 bridgehead atoms. The molecule has 1 N–H and O–H groups in total. The first-order valence-electron chi connectivity index (χ1n) is 12.6. The summed E-state index contributed by atoms with van der Waals surface area (Å²) in [4.78, 5) is 27.9. The van der Waals surface area contributed by atoms with E-state index < -0.39 is 0 Å². The van der Waals surface area contributed by atoms with E-state index in [2.05, 4.69) is 10.2 Å². The Balaban J connectivity index is 1.23. The van der Waals surface area contributed by atoms with Crippen molar-refractivity contribution in [1.29, 1.82) is 0 Å². The van der Waals surface area contributed by atoms with Gasteiger partial charge in [0.25, 0.3) is 5.91 Å². The van der Waals surface area contributed by atoms with Gasteiger partial charge in [-0.1, -0.05) is 25.0 Å². The summed E-state index contributed by atoms with van der Waals surface area (Å²) in [5, 5.41) is 2.98. The second-order valence-electron chi connectivity index (χ2n) is 9.86. The highest BCUT2D eigenvalue weighted by atomic mass is 16.5. The van der Waals surface area contributed by atoms with E-state index in [1.54, 1.807) is 25.3 Å². The van der Waals surface area contributed by atoms with Crippen molar-refractivity contribution in [2.45, 2.75) is 50.7 Å². The first-order valence-corrected chi connectivity index (χ1v) is 12.6. The molecule has 5 rings (SSSR count). The third-order valence-corrected chi connectivity index (χ3v) is 7.71. The first kappa shape index (κ1) is 23.7. The molecule has 2 aliphatic heterocycles. The van der Waals surface area contributed by atoms with E-state index in [0.717, 1.165) is 44.3 Å². The summed E-state index contributed by atoms with van der Waals surface area (Å²) in [5.74, 6) is 1.78. The summed E-state index contributed by atoms with van der Waals surface area (Å²) in [7, 11) is 3.11. The SMILES string of the molecule is COc1ccc(C(=O)Nc2cccc(C3CC4CN(C(=O)C5CCCC5)CCC4O3)c2)c(OC)c1. The van der Waals surface area contributed by atoms with Crippen molar-refractivity contribution in [2.24, 2.45) is 11.8 Å². The number of carbonyl (C=O) groups is 2. The second-order valence-corrected chi connectivity index (χ2v) is 9.86. The number of carbonyl (C=O) groups excluding carboxylic acids is 2. The molecule has 0 radical (unpaired) electrons. The van der Waals surface area contributed by atoms with Crippen LogP contribution in [0.15, 0.2) is 42.5 Å². The molecule has 3 unspecified atom stereocenters. The molecule has 7 nitrogen and oxygen atoms in total. The van der Waals surface area contributed by atoms with Gasteiger partial charge in [-0.15, -0.1) is 0 Å². The lowest BCUT2D eigenvalue weighted by Gasteiger charge is -2.35. The molecule has 1 saturated carbocycles. The van der Waals surface area contributed by atoms with Gasteiger partial charge in [0, 0.05) is 36.7 Å². The van der Waals surface area contributed by atoms with Crippen molar-refractivity contribution >= 4 is 17.5 Å². The molecule has 2 amide bonds. The molecule has 0 spiro atoms. The number of fused-ring (bicyclic) bond motifs is 1. The number of hydrogen-bond acceptors (Lipinski definition) is 5. The molecule has 3 aliphatic rings. The fraction of sp³-hybridized carbons (Fsp3) is 0.500. The van der Waals surface area contributed by atoms with Crippen LogP contribution in [0.25, 0.3) is 0 Å². The highest BCUT2D eigenvalue weighted by Gasteiger charge is 2.41. The van der Waals surface area contributed by atoms with E-state index in [1.165, 1.54) is 20.0 Å². The number of nitrogens with one attached hydrogen (secondary N) is 1. The van der Waals surface area contributed by atoms with Gasteiger partial charge in [0.2, 0.25) is 5.91 Å². The van der Waals surface area contributed by atoms with Crippen LogP contribution >= 0.6 is 0 Å². The molecule has 3 atom stereocenters. The van der Waals surface area contributed by atoms with Crippen molar-refractivity contribution in [3.63, 3.8) is 0 Å². The quantitative estimate of drug-likeness (QED) is 0.644. The molecule has 2 saturated heterocycles. The number of ether oxygens (including phenoxy) is 3. The monoisotopic (exact) mass is 478 g/mol. The van der Waals surface area contributed by atoms with Crippen LogP contribution in [0.2, 0.25) is 0 Å². The Morgan fingerprint density at radius 2 is 1.86 bits per heavy atom. The summed E-state index contributed by atoms with van der Waals surface area (Å²) in [6.07, 6.45) is 6.40. The van der Waals surface area contributed by atoms with Crippen LogP contribution in [-0.4, -0.2) is 50.1 Å². The van der Waals surface area contributed by atoms with Crippen molar-refractivity contribution in [3.8, 4) is 11.5 Å². The van der Waals surface area contributed by atoms with Crippen molar-refractivity contribution in [3.05, 3.63) is 53.6 Å². The Morgan fingerprint density at radius 1 is 1.03 bits per heavy atom. The van der Waals surface area contributed by atoms with E-state index >= 15 is 0 Å². The predicted octanol–water partition coefficient (Wildman–Crippen LogP) is 4.82. The number of piperidine rings is 1. The van der Waals surface area contributed by atoms with Crippen molar-refractivity contribution < 1.29 is 23.8 Å². The third kappa shape index (κ3) is 5.01. The smallest absolute Gasteiger partial charge is 0.259 e. The molecule has 2 aromatic rings. The summed E-state index contributed by atoms with van der Waals surface area (Å²) in [6.45, 7) is 1.59. The van der Waals surface area contributed by atoms with Crippen LogP contribution in [0.3, 0.4) is 0 Å².